The summed E-state index contributed by atoms with van der Waals surface area (Å²) in [5, 5.41) is 15.9. The summed E-state index contributed by atoms with van der Waals surface area (Å²) in [7, 11) is 0. The number of rotatable bonds is 4. The molecule has 0 spiro atoms. The van der Waals surface area contributed by atoms with Gasteiger partial charge < -0.3 is 14.9 Å². The first kappa shape index (κ1) is 25.0. The zero-order valence-electron chi connectivity index (χ0n) is 19.7. The molecule has 2 unspecified atom stereocenters. The number of fused-ring (bicyclic) bond motifs is 3. The number of pyridine rings is 1. The number of amides is 2. The maximum Gasteiger partial charge on any atom is 0.273 e. The Morgan fingerprint density at radius 3 is 2.67 bits per heavy atom. The zero-order chi connectivity index (χ0) is 25.7. The normalized spacial score (nSPS) is 20.2. The van der Waals surface area contributed by atoms with Crippen LogP contribution in [0.2, 0.25) is 15.2 Å². The third-order valence-corrected chi connectivity index (χ3v) is 7.88. The maximum atomic E-state index is 13.8. The molecule has 2 aromatic heterocycles. The first-order chi connectivity index (χ1) is 17.2. The Morgan fingerprint density at radius 2 is 1.97 bits per heavy atom. The minimum Gasteiger partial charge on any atom is -0.394 e. The summed E-state index contributed by atoms with van der Waals surface area (Å²) in [6.45, 7) is 4.13. The van der Waals surface area contributed by atoms with Crippen molar-refractivity contribution < 1.29 is 14.7 Å². The number of aliphatic hydroxyl groups is 1. The van der Waals surface area contributed by atoms with Gasteiger partial charge in [0, 0.05) is 30.1 Å². The lowest BCUT2D eigenvalue weighted by Gasteiger charge is -2.37. The van der Waals surface area contributed by atoms with Crippen molar-refractivity contribution in [3.63, 3.8) is 0 Å². The van der Waals surface area contributed by atoms with Gasteiger partial charge in [-0.3, -0.25) is 14.3 Å². The van der Waals surface area contributed by atoms with Gasteiger partial charge in [-0.15, -0.1) is 0 Å². The molecule has 8 nitrogen and oxygen atoms in total. The van der Waals surface area contributed by atoms with E-state index < -0.39 is 6.04 Å². The molecule has 2 aliphatic rings. The molecule has 0 aliphatic carbocycles. The quantitative estimate of drug-likeness (QED) is 0.482. The topological polar surface area (TPSA) is 91.6 Å². The van der Waals surface area contributed by atoms with Crippen LogP contribution in [-0.2, 0) is 13.0 Å². The lowest BCUT2D eigenvalue weighted by Crippen LogP contribution is -2.47. The van der Waals surface area contributed by atoms with Crippen molar-refractivity contribution in [1.29, 1.82) is 0 Å². The van der Waals surface area contributed by atoms with Crippen LogP contribution >= 0.6 is 34.8 Å². The lowest BCUT2D eigenvalue weighted by molar-refractivity contribution is 0.0509. The van der Waals surface area contributed by atoms with Crippen LogP contribution in [0.5, 0.6) is 0 Å². The second kappa shape index (κ2) is 9.67. The van der Waals surface area contributed by atoms with Crippen LogP contribution in [0, 0.1) is 0 Å². The third-order valence-electron chi connectivity index (χ3n) is 6.93. The molecule has 2 amide bonds. The van der Waals surface area contributed by atoms with Crippen LogP contribution in [-0.4, -0.2) is 60.7 Å². The number of carbonyl (C=O) groups excluding carboxylic acids is 2. The summed E-state index contributed by atoms with van der Waals surface area (Å²) in [5.74, 6) is -0.429. The molecule has 1 aromatic carbocycles. The standard InChI is InChI=1S/C25H24Cl3N5O3/c1-13-8-21-17(11-31(13)24(35)15-6-7-18(26)19(27)9-15)23-25(36)32(10-16(12-34)33(23)30-21)14(2)20-4-3-5-22(28)29-20/h3-7,9,13-14,16,34H,8,10-12H2,1-2H3/t13-,14?,16?/m1/s1. The van der Waals surface area contributed by atoms with Crippen molar-refractivity contribution in [3.05, 3.63) is 79.8 Å². The summed E-state index contributed by atoms with van der Waals surface area (Å²) in [4.78, 5) is 35.0. The fourth-order valence-electron chi connectivity index (χ4n) is 4.93. The summed E-state index contributed by atoms with van der Waals surface area (Å²) >= 11 is 18.3. The number of nitrogens with zero attached hydrogens (tertiary/aromatic N) is 5. The Balaban J connectivity index is 1.51. The number of hydrogen-bond acceptors (Lipinski definition) is 5. The molecular weight excluding hydrogens is 525 g/mol. The number of benzene rings is 1. The van der Waals surface area contributed by atoms with Gasteiger partial charge in [-0.25, -0.2) is 4.98 Å². The van der Waals surface area contributed by atoms with Crippen LogP contribution in [0.4, 0.5) is 0 Å². The minimum absolute atomic E-state index is 0.148. The Morgan fingerprint density at radius 1 is 1.19 bits per heavy atom. The molecule has 4 heterocycles. The smallest absolute Gasteiger partial charge is 0.273 e. The van der Waals surface area contributed by atoms with Crippen LogP contribution in [0.3, 0.4) is 0 Å². The number of hydrogen-bond donors (Lipinski definition) is 1. The highest BCUT2D eigenvalue weighted by Crippen LogP contribution is 2.35. The van der Waals surface area contributed by atoms with Crippen molar-refractivity contribution >= 4 is 46.6 Å². The fraction of sp³-hybridized carbons (Fsp3) is 0.360. The van der Waals surface area contributed by atoms with Gasteiger partial charge in [0.15, 0.2) is 0 Å². The molecule has 0 saturated carbocycles. The van der Waals surface area contributed by atoms with Crippen molar-refractivity contribution in [2.45, 2.75) is 44.9 Å². The number of halogens is 3. The van der Waals surface area contributed by atoms with Gasteiger partial charge >= 0.3 is 0 Å². The van der Waals surface area contributed by atoms with Gasteiger partial charge in [-0.2, -0.15) is 5.10 Å². The summed E-state index contributed by atoms with van der Waals surface area (Å²) in [5.41, 5.74) is 2.92. The second-order valence-electron chi connectivity index (χ2n) is 9.19. The van der Waals surface area contributed by atoms with E-state index in [4.69, 9.17) is 39.9 Å². The van der Waals surface area contributed by atoms with Crippen LogP contribution < -0.4 is 0 Å². The van der Waals surface area contributed by atoms with Gasteiger partial charge in [0.1, 0.15) is 10.8 Å². The second-order valence-corrected chi connectivity index (χ2v) is 10.4. The molecule has 0 radical (unpaired) electrons. The van der Waals surface area contributed by atoms with Crippen molar-refractivity contribution in [2.75, 3.05) is 13.2 Å². The highest BCUT2D eigenvalue weighted by molar-refractivity contribution is 6.42. The minimum atomic E-state index is -0.417. The molecule has 0 bridgehead atoms. The van der Waals surface area contributed by atoms with Crippen LogP contribution in [0.1, 0.15) is 63.7 Å². The average Bonchev–Trinajstić information content (AvgIpc) is 3.23. The van der Waals surface area contributed by atoms with E-state index in [1.807, 2.05) is 19.9 Å². The van der Waals surface area contributed by atoms with Crippen molar-refractivity contribution in [3.8, 4) is 0 Å². The number of carbonyl (C=O) groups is 2. The fourth-order valence-corrected chi connectivity index (χ4v) is 5.40. The Hall–Kier alpha value is -2.65. The molecule has 3 atom stereocenters. The first-order valence-electron chi connectivity index (χ1n) is 11.6. The number of aromatic nitrogens is 3. The molecule has 0 fully saturated rings. The van der Waals surface area contributed by atoms with E-state index in [2.05, 4.69) is 4.98 Å². The van der Waals surface area contributed by atoms with Crippen molar-refractivity contribution in [2.24, 2.45) is 0 Å². The Kier molecular flexibility index (Phi) is 6.72. The van der Waals surface area contributed by atoms with E-state index in [-0.39, 0.29) is 43.6 Å². The molecule has 2 aliphatic heterocycles. The summed E-state index contributed by atoms with van der Waals surface area (Å²) in [6, 6.07) is 9.13. The van der Waals surface area contributed by atoms with Crippen LogP contribution in [0.15, 0.2) is 36.4 Å². The molecule has 5 rings (SSSR count). The van der Waals surface area contributed by atoms with E-state index in [0.29, 0.717) is 44.1 Å². The van der Waals surface area contributed by atoms with E-state index in [1.54, 1.807) is 44.8 Å². The molecule has 0 saturated heterocycles. The van der Waals surface area contributed by atoms with E-state index in [9.17, 15) is 14.7 Å². The highest BCUT2D eigenvalue weighted by atomic mass is 35.5. The van der Waals surface area contributed by atoms with Crippen molar-refractivity contribution in [1.82, 2.24) is 24.6 Å². The molecule has 11 heteroatoms. The monoisotopic (exact) mass is 547 g/mol. The Labute approximate surface area is 223 Å². The van der Waals surface area contributed by atoms with Gasteiger partial charge in [0.2, 0.25) is 0 Å². The van der Waals surface area contributed by atoms with Crippen LogP contribution in [0.25, 0.3) is 0 Å². The predicted molar refractivity (Wildman–Crippen MR) is 137 cm³/mol. The zero-order valence-corrected chi connectivity index (χ0v) is 21.9. The highest BCUT2D eigenvalue weighted by Gasteiger charge is 2.41. The Bertz CT molecular complexity index is 1360. The predicted octanol–water partition coefficient (Wildman–Crippen LogP) is 4.58. The third kappa shape index (κ3) is 4.26. The SMILES string of the molecule is CC(c1cccc(Cl)n1)N1CC(CO)n2nc3c(c2C1=O)CN(C(=O)c1ccc(Cl)c(Cl)c1)[C@H](C)C3. The number of aliphatic hydroxyl groups excluding tert-OH is 1. The maximum absolute atomic E-state index is 13.8. The molecule has 188 valence electrons. The largest absolute Gasteiger partial charge is 0.394 e. The molecule has 3 aromatic rings. The van der Waals surface area contributed by atoms with Gasteiger partial charge in [0.25, 0.3) is 11.8 Å². The lowest BCUT2D eigenvalue weighted by atomic mass is 9.97. The van der Waals surface area contributed by atoms with Gasteiger partial charge in [-0.05, 0) is 44.2 Å². The van der Waals surface area contributed by atoms with Gasteiger partial charge in [0.05, 0.1) is 46.7 Å². The average molecular weight is 549 g/mol. The summed E-state index contributed by atoms with van der Waals surface area (Å²) < 4.78 is 1.63. The molecule has 1 N–H and O–H groups in total. The molecule has 36 heavy (non-hydrogen) atoms. The van der Waals surface area contributed by atoms with E-state index in [0.717, 1.165) is 5.69 Å². The first-order valence-corrected chi connectivity index (χ1v) is 12.7. The molecular formula is C25H24Cl3N5O3. The van der Waals surface area contributed by atoms with E-state index in [1.165, 1.54) is 0 Å². The summed E-state index contributed by atoms with van der Waals surface area (Å²) in [6.07, 6.45) is 0.485. The van der Waals surface area contributed by atoms with E-state index >= 15 is 0 Å². The van der Waals surface area contributed by atoms with Gasteiger partial charge in [-0.1, -0.05) is 40.9 Å².